The van der Waals surface area contributed by atoms with Crippen LogP contribution in [0.1, 0.15) is 11.5 Å². The maximum absolute atomic E-state index is 14.0. The van der Waals surface area contributed by atoms with Crippen molar-refractivity contribution in [2.45, 2.75) is 18.0 Å². The largest absolute Gasteiger partial charge is 0.451 e. The molecule has 3 heterocycles. The Morgan fingerprint density at radius 1 is 0.861 bits per heavy atom. The second-order valence-corrected chi connectivity index (χ2v) is 9.01. The highest BCUT2D eigenvalue weighted by atomic mass is 32.2. The molecule has 0 fully saturated rings. The van der Waals surface area contributed by atoms with Gasteiger partial charge >= 0.3 is 6.18 Å². The number of aromatic nitrogens is 4. The molecule has 0 bridgehead atoms. The fourth-order valence-electron chi connectivity index (χ4n) is 3.06. The zero-order chi connectivity index (χ0) is 26.1. The fraction of sp³-hybridized carbons (Fsp3) is 0.0909. The summed E-state index contributed by atoms with van der Waals surface area (Å²) in [4.78, 5) is 14.1. The van der Waals surface area contributed by atoms with Crippen molar-refractivity contribution in [3.05, 3.63) is 84.2 Å². The standard InChI is InChI=1S/C22H15F5N6O2S/c1-12-17(33-36(34,35)18-3-2-15(23)10-16(18)24)8-14(11-30-12)13-4-6-28-20(9-13)31-19-5-7-29-21(32-19)22(25,26)27/h2-11,33H,1H3,(H,28,29,31,32). The van der Waals surface area contributed by atoms with Gasteiger partial charge in [0.05, 0.1) is 11.4 Å². The predicted molar refractivity (Wildman–Crippen MR) is 120 cm³/mol. The second kappa shape index (κ2) is 9.45. The molecule has 0 aliphatic carbocycles. The highest BCUT2D eigenvalue weighted by Gasteiger charge is 2.34. The maximum atomic E-state index is 14.0. The van der Waals surface area contributed by atoms with Crippen LogP contribution in [-0.2, 0) is 16.2 Å². The van der Waals surface area contributed by atoms with E-state index in [1.165, 1.54) is 37.5 Å². The minimum atomic E-state index is -4.72. The average Bonchev–Trinajstić information content (AvgIpc) is 2.80. The zero-order valence-corrected chi connectivity index (χ0v) is 19.0. The minimum Gasteiger partial charge on any atom is -0.325 e. The van der Waals surface area contributed by atoms with Crippen LogP contribution < -0.4 is 10.0 Å². The molecule has 14 heteroatoms. The molecule has 4 rings (SSSR count). The summed E-state index contributed by atoms with van der Waals surface area (Å²) < 4.78 is 93.4. The number of pyridine rings is 2. The van der Waals surface area contributed by atoms with E-state index in [0.29, 0.717) is 17.2 Å². The maximum Gasteiger partial charge on any atom is 0.451 e. The summed E-state index contributed by atoms with van der Waals surface area (Å²) in [5, 5.41) is 2.66. The van der Waals surface area contributed by atoms with Crippen molar-refractivity contribution in [2.75, 3.05) is 10.0 Å². The van der Waals surface area contributed by atoms with Crippen molar-refractivity contribution < 1.29 is 30.4 Å². The molecule has 2 N–H and O–H groups in total. The van der Waals surface area contributed by atoms with Crippen LogP contribution in [-0.4, -0.2) is 28.4 Å². The Morgan fingerprint density at radius 2 is 1.61 bits per heavy atom. The van der Waals surface area contributed by atoms with E-state index in [9.17, 15) is 30.4 Å². The van der Waals surface area contributed by atoms with Crippen LogP contribution in [0.25, 0.3) is 11.1 Å². The van der Waals surface area contributed by atoms with Crippen LogP contribution in [0.2, 0.25) is 0 Å². The number of sulfonamides is 1. The van der Waals surface area contributed by atoms with Gasteiger partial charge in [0, 0.05) is 30.2 Å². The van der Waals surface area contributed by atoms with Crippen LogP contribution in [0.4, 0.5) is 39.3 Å². The van der Waals surface area contributed by atoms with Crippen LogP contribution in [0.15, 0.2) is 66.0 Å². The summed E-state index contributed by atoms with van der Waals surface area (Å²) in [5.41, 5.74) is 1.21. The normalized spacial score (nSPS) is 11.8. The summed E-state index contributed by atoms with van der Waals surface area (Å²) in [6.07, 6.45) is -0.951. The first-order chi connectivity index (χ1) is 16.9. The Bertz CT molecular complexity index is 1550. The van der Waals surface area contributed by atoms with E-state index in [1.54, 1.807) is 6.07 Å². The number of anilines is 3. The number of hydrogen-bond acceptors (Lipinski definition) is 7. The van der Waals surface area contributed by atoms with E-state index >= 15 is 0 Å². The smallest absolute Gasteiger partial charge is 0.325 e. The number of halogens is 5. The van der Waals surface area contributed by atoms with Crippen molar-refractivity contribution in [1.82, 2.24) is 19.9 Å². The van der Waals surface area contributed by atoms with E-state index in [4.69, 9.17) is 0 Å². The molecule has 0 saturated heterocycles. The predicted octanol–water partition coefficient (Wildman–Crippen LogP) is 5.08. The van der Waals surface area contributed by atoms with E-state index in [-0.39, 0.29) is 23.0 Å². The Hall–Kier alpha value is -4.20. The van der Waals surface area contributed by atoms with Gasteiger partial charge in [0.15, 0.2) is 0 Å². The molecular formula is C22H15F5N6O2S. The Labute approximate surface area is 201 Å². The lowest BCUT2D eigenvalue weighted by Gasteiger charge is -2.13. The summed E-state index contributed by atoms with van der Waals surface area (Å²) in [7, 11) is -4.41. The summed E-state index contributed by atoms with van der Waals surface area (Å²) in [5.74, 6) is -3.49. The molecule has 0 spiro atoms. The Morgan fingerprint density at radius 3 is 2.33 bits per heavy atom. The summed E-state index contributed by atoms with van der Waals surface area (Å²) >= 11 is 0. The van der Waals surface area contributed by atoms with Gasteiger partial charge in [0.1, 0.15) is 28.2 Å². The van der Waals surface area contributed by atoms with Gasteiger partial charge < -0.3 is 5.32 Å². The number of rotatable bonds is 6. The van der Waals surface area contributed by atoms with Crippen LogP contribution >= 0.6 is 0 Å². The topological polar surface area (TPSA) is 110 Å². The van der Waals surface area contributed by atoms with Crippen molar-refractivity contribution in [3.63, 3.8) is 0 Å². The average molecular weight is 522 g/mol. The molecule has 4 aromatic rings. The third-order valence-corrected chi connectivity index (χ3v) is 6.17. The lowest BCUT2D eigenvalue weighted by molar-refractivity contribution is -0.144. The van der Waals surface area contributed by atoms with Gasteiger partial charge in [-0.05, 0) is 48.9 Å². The number of aryl methyl sites for hydroxylation is 1. The van der Waals surface area contributed by atoms with Gasteiger partial charge in [0.2, 0.25) is 5.82 Å². The molecular weight excluding hydrogens is 507 g/mol. The number of nitrogens with one attached hydrogen (secondary N) is 2. The molecule has 3 aromatic heterocycles. The van der Waals surface area contributed by atoms with Gasteiger partial charge in [-0.15, -0.1) is 0 Å². The van der Waals surface area contributed by atoms with Crippen molar-refractivity contribution >= 4 is 27.3 Å². The number of nitrogens with zero attached hydrogens (tertiary/aromatic N) is 4. The molecule has 1 aromatic carbocycles. The van der Waals surface area contributed by atoms with Crippen molar-refractivity contribution in [2.24, 2.45) is 0 Å². The summed E-state index contributed by atoms with van der Waals surface area (Å²) in [6.45, 7) is 1.52. The third kappa shape index (κ3) is 5.54. The Kier molecular flexibility index (Phi) is 6.54. The second-order valence-electron chi connectivity index (χ2n) is 7.36. The number of hydrogen-bond donors (Lipinski definition) is 2. The molecule has 0 aliphatic rings. The van der Waals surface area contributed by atoms with Crippen molar-refractivity contribution in [3.8, 4) is 11.1 Å². The SMILES string of the molecule is Cc1ncc(-c2ccnc(Nc3ccnc(C(F)(F)F)n3)c2)cc1NS(=O)(=O)c1ccc(F)cc1F. The van der Waals surface area contributed by atoms with Gasteiger partial charge in [-0.2, -0.15) is 13.2 Å². The monoisotopic (exact) mass is 522 g/mol. The highest BCUT2D eigenvalue weighted by Crippen LogP contribution is 2.29. The molecule has 0 aliphatic heterocycles. The third-order valence-electron chi connectivity index (χ3n) is 4.77. The quantitative estimate of drug-likeness (QED) is 0.340. The lowest BCUT2D eigenvalue weighted by Crippen LogP contribution is -2.16. The molecule has 0 saturated carbocycles. The summed E-state index contributed by atoms with van der Waals surface area (Å²) in [6, 6.07) is 7.80. The number of alkyl halides is 3. The molecule has 36 heavy (non-hydrogen) atoms. The van der Waals surface area contributed by atoms with Crippen LogP contribution in [0.3, 0.4) is 0 Å². The fourth-order valence-corrected chi connectivity index (χ4v) is 4.23. The first-order valence-electron chi connectivity index (χ1n) is 10.0. The lowest BCUT2D eigenvalue weighted by atomic mass is 10.1. The minimum absolute atomic E-state index is 0.0353. The van der Waals surface area contributed by atoms with Gasteiger partial charge in [-0.3, -0.25) is 9.71 Å². The molecule has 8 nitrogen and oxygen atoms in total. The van der Waals surface area contributed by atoms with E-state index in [0.717, 1.165) is 18.3 Å². The van der Waals surface area contributed by atoms with Gasteiger partial charge in [-0.25, -0.2) is 32.2 Å². The van der Waals surface area contributed by atoms with Gasteiger partial charge in [0.25, 0.3) is 10.0 Å². The molecule has 0 amide bonds. The van der Waals surface area contributed by atoms with Crippen LogP contribution in [0.5, 0.6) is 0 Å². The van der Waals surface area contributed by atoms with Crippen molar-refractivity contribution in [1.29, 1.82) is 0 Å². The van der Waals surface area contributed by atoms with E-state index < -0.39 is 38.6 Å². The van der Waals surface area contributed by atoms with E-state index in [2.05, 4.69) is 30.0 Å². The zero-order valence-electron chi connectivity index (χ0n) is 18.2. The Balaban J connectivity index is 1.62. The molecule has 0 radical (unpaired) electrons. The van der Waals surface area contributed by atoms with Crippen LogP contribution in [0, 0.1) is 18.6 Å². The van der Waals surface area contributed by atoms with E-state index in [1.807, 2.05) is 0 Å². The number of benzene rings is 1. The first-order valence-corrected chi connectivity index (χ1v) is 11.5. The highest BCUT2D eigenvalue weighted by molar-refractivity contribution is 7.92. The molecule has 186 valence electrons. The molecule has 0 unspecified atom stereocenters. The van der Waals surface area contributed by atoms with Gasteiger partial charge in [-0.1, -0.05) is 0 Å². The molecule has 0 atom stereocenters. The first kappa shape index (κ1) is 24.9.